The molecule has 1 aromatic carbocycles. The Morgan fingerprint density at radius 3 is 2.44 bits per heavy atom. The van der Waals surface area contributed by atoms with Crippen molar-refractivity contribution in [2.45, 2.75) is 4.90 Å². The molecule has 18 heavy (non-hydrogen) atoms. The van der Waals surface area contributed by atoms with Gasteiger partial charge in [0.1, 0.15) is 5.75 Å². The molecule has 0 fully saturated rings. The molecule has 0 saturated heterocycles. The molecule has 0 heterocycles. The summed E-state index contributed by atoms with van der Waals surface area (Å²) in [6.45, 7) is 0. The Balaban J connectivity index is 3.00. The summed E-state index contributed by atoms with van der Waals surface area (Å²) in [5, 5.41) is 1.92. The van der Waals surface area contributed by atoms with Crippen LogP contribution in [0.25, 0.3) is 0 Å². The first-order valence-corrected chi connectivity index (χ1v) is 6.62. The molecule has 5 N–H and O–H groups in total. The molecule has 0 bridgehead atoms. The summed E-state index contributed by atoms with van der Waals surface area (Å²) in [5.41, 5.74) is 10.1. The van der Waals surface area contributed by atoms with Crippen LogP contribution in [0.2, 0.25) is 5.02 Å². The second-order valence-corrected chi connectivity index (χ2v) is 5.75. The molecule has 9 heteroatoms. The fourth-order valence-electron chi connectivity index (χ4n) is 1.23. The van der Waals surface area contributed by atoms with Gasteiger partial charge in [-0.3, -0.25) is 10.1 Å². The Bertz CT molecular complexity index is 600. The summed E-state index contributed by atoms with van der Waals surface area (Å²) >= 11 is 5.63. The molecule has 0 aliphatic heterocycles. The predicted octanol–water partition coefficient (Wildman–Crippen LogP) is -0.109. The van der Waals surface area contributed by atoms with Crippen molar-refractivity contribution in [1.82, 2.24) is 5.32 Å². The van der Waals surface area contributed by atoms with Crippen molar-refractivity contribution in [3.8, 4) is 0 Å². The monoisotopic (exact) mass is 291 g/mol. The molecule has 0 saturated carbocycles. The number of hydrogen-bond donors (Lipinski definition) is 3. The molecular weight excluding hydrogens is 282 g/mol. The molecule has 0 atom stereocenters. The predicted molar refractivity (Wildman–Crippen MR) is 65.6 cm³/mol. The first-order valence-electron chi connectivity index (χ1n) is 4.59. The quantitative estimate of drug-likeness (QED) is 0.668. The first kappa shape index (κ1) is 14.3. The number of nitrogen functional groups attached to an aromatic ring is 1. The zero-order valence-electron chi connectivity index (χ0n) is 9.01. The van der Waals surface area contributed by atoms with Crippen LogP contribution in [-0.2, 0) is 14.6 Å². The zero-order chi connectivity index (χ0) is 13.9. The lowest BCUT2D eigenvalue weighted by molar-refractivity contribution is -0.117. The largest absolute Gasteiger partial charge is 0.398 e. The molecule has 0 aliphatic carbocycles. The van der Waals surface area contributed by atoms with E-state index in [0.29, 0.717) is 0 Å². The summed E-state index contributed by atoms with van der Waals surface area (Å²) in [4.78, 5) is 21.3. The fourth-order valence-corrected chi connectivity index (χ4v) is 2.67. The number of rotatable bonds is 3. The molecule has 0 radical (unpaired) electrons. The molecule has 98 valence electrons. The lowest BCUT2D eigenvalue weighted by Crippen LogP contribution is -2.38. The molecule has 1 aromatic rings. The van der Waals surface area contributed by atoms with Crippen LogP contribution >= 0.6 is 11.6 Å². The maximum absolute atomic E-state index is 11.8. The van der Waals surface area contributed by atoms with Gasteiger partial charge >= 0.3 is 6.03 Å². The van der Waals surface area contributed by atoms with E-state index in [4.69, 9.17) is 23.1 Å². The van der Waals surface area contributed by atoms with Crippen molar-refractivity contribution in [1.29, 1.82) is 0 Å². The van der Waals surface area contributed by atoms with Crippen LogP contribution in [-0.4, -0.2) is 26.1 Å². The number of carbonyl (C=O) groups excluding carboxylic acids is 2. The lowest BCUT2D eigenvalue weighted by atomic mass is 10.3. The molecule has 0 spiro atoms. The highest BCUT2D eigenvalue weighted by Gasteiger charge is 2.22. The van der Waals surface area contributed by atoms with Crippen molar-refractivity contribution in [2.75, 3.05) is 11.5 Å². The van der Waals surface area contributed by atoms with Gasteiger partial charge in [-0.05, 0) is 18.2 Å². The molecule has 0 aromatic heterocycles. The third kappa shape index (κ3) is 3.60. The minimum absolute atomic E-state index is 0.0747. The normalized spacial score (nSPS) is 10.9. The average molecular weight is 292 g/mol. The SMILES string of the molecule is NC(=O)NC(=O)CS(=O)(=O)c1ccc(Cl)cc1N. The molecule has 0 unspecified atom stereocenters. The number of carbonyl (C=O) groups is 2. The minimum atomic E-state index is -3.96. The summed E-state index contributed by atoms with van der Waals surface area (Å²) in [6, 6.07) is 2.64. The second kappa shape index (κ2) is 5.23. The van der Waals surface area contributed by atoms with Gasteiger partial charge in [-0.25, -0.2) is 13.2 Å². The van der Waals surface area contributed by atoms with Crippen molar-refractivity contribution >= 4 is 39.1 Å². The number of primary amides is 1. The number of amides is 3. The van der Waals surface area contributed by atoms with Crippen LogP contribution in [0.3, 0.4) is 0 Å². The molecule has 1 rings (SSSR count). The van der Waals surface area contributed by atoms with Gasteiger partial charge in [0, 0.05) is 5.02 Å². The Labute approximate surface area is 108 Å². The first-order chi connectivity index (χ1) is 8.22. The Hall–Kier alpha value is -1.80. The van der Waals surface area contributed by atoms with E-state index in [1.807, 2.05) is 0 Å². The minimum Gasteiger partial charge on any atom is -0.398 e. The van der Waals surface area contributed by atoms with E-state index in [2.05, 4.69) is 0 Å². The van der Waals surface area contributed by atoms with E-state index in [-0.39, 0.29) is 15.6 Å². The number of anilines is 1. The van der Waals surface area contributed by atoms with Crippen LogP contribution in [0.4, 0.5) is 10.5 Å². The van der Waals surface area contributed by atoms with Crippen molar-refractivity contribution < 1.29 is 18.0 Å². The van der Waals surface area contributed by atoms with E-state index in [1.54, 1.807) is 5.32 Å². The highest BCUT2D eigenvalue weighted by atomic mass is 35.5. The zero-order valence-corrected chi connectivity index (χ0v) is 10.6. The number of sulfone groups is 1. The number of urea groups is 1. The standard InChI is InChI=1S/C9H10ClN3O4S/c10-5-1-2-7(6(11)3-5)18(16,17)4-8(14)13-9(12)15/h1-3H,4,11H2,(H3,12,13,14,15). The van der Waals surface area contributed by atoms with Gasteiger partial charge in [0.2, 0.25) is 5.91 Å². The van der Waals surface area contributed by atoms with Crippen molar-refractivity contribution in [3.05, 3.63) is 23.2 Å². The van der Waals surface area contributed by atoms with Gasteiger partial charge in [0.15, 0.2) is 9.84 Å². The third-order valence-electron chi connectivity index (χ3n) is 1.89. The Kier molecular flexibility index (Phi) is 4.15. The molecule has 7 nitrogen and oxygen atoms in total. The van der Waals surface area contributed by atoms with Crippen LogP contribution in [0.15, 0.2) is 23.1 Å². The Morgan fingerprint density at radius 2 is 1.94 bits per heavy atom. The lowest BCUT2D eigenvalue weighted by Gasteiger charge is -2.07. The molecular formula is C9H10ClN3O4S. The van der Waals surface area contributed by atoms with Gasteiger partial charge in [-0.15, -0.1) is 0 Å². The number of imide groups is 1. The van der Waals surface area contributed by atoms with Crippen molar-refractivity contribution in [2.24, 2.45) is 5.73 Å². The van der Waals surface area contributed by atoms with Gasteiger partial charge in [-0.1, -0.05) is 11.6 Å². The Morgan fingerprint density at radius 1 is 1.33 bits per heavy atom. The van der Waals surface area contributed by atoms with Gasteiger partial charge in [0.25, 0.3) is 0 Å². The fraction of sp³-hybridized carbons (Fsp3) is 0.111. The maximum Gasteiger partial charge on any atom is 0.318 e. The van der Waals surface area contributed by atoms with E-state index in [1.165, 1.54) is 18.2 Å². The van der Waals surface area contributed by atoms with E-state index >= 15 is 0 Å². The highest BCUT2D eigenvalue weighted by molar-refractivity contribution is 7.92. The van der Waals surface area contributed by atoms with E-state index in [0.717, 1.165) is 0 Å². The number of halogens is 1. The topological polar surface area (TPSA) is 132 Å². The third-order valence-corrected chi connectivity index (χ3v) is 3.81. The number of hydrogen-bond acceptors (Lipinski definition) is 5. The summed E-state index contributed by atoms with van der Waals surface area (Å²) in [7, 11) is -3.96. The smallest absolute Gasteiger partial charge is 0.318 e. The van der Waals surface area contributed by atoms with E-state index in [9.17, 15) is 18.0 Å². The summed E-state index contributed by atoms with van der Waals surface area (Å²) in [5.74, 6) is -1.96. The van der Waals surface area contributed by atoms with Crippen molar-refractivity contribution in [3.63, 3.8) is 0 Å². The maximum atomic E-state index is 11.8. The number of nitrogens with one attached hydrogen (secondary N) is 1. The second-order valence-electron chi connectivity index (χ2n) is 3.35. The van der Waals surface area contributed by atoms with Gasteiger partial charge in [-0.2, -0.15) is 0 Å². The highest BCUT2D eigenvalue weighted by Crippen LogP contribution is 2.23. The van der Waals surface area contributed by atoms with Gasteiger partial charge in [0.05, 0.1) is 10.6 Å². The number of benzene rings is 1. The summed E-state index contributed by atoms with van der Waals surface area (Å²) < 4.78 is 23.6. The average Bonchev–Trinajstić information content (AvgIpc) is 2.13. The molecule has 3 amide bonds. The van der Waals surface area contributed by atoms with Crippen LogP contribution in [0.5, 0.6) is 0 Å². The molecule has 0 aliphatic rings. The van der Waals surface area contributed by atoms with E-state index < -0.39 is 27.5 Å². The van der Waals surface area contributed by atoms with Gasteiger partial charge < -0.3 is 11.5 Å². The van der Waals surface area contributed by atoms with Crippen LogP contribution in [0.1, 0.15) is 0 Å². The van der Waals surface area contributed by atoms with Crippen LogP contribution in [0, 0.1) is 0 Å². The van der Waals surface area contributed by atoms with Crippen LogP contribution < -0.4 is 16.8 Å². The summed E-state index contributed by atoms with van der Waals surface area (Å²) in [6.07, 6.45) is 0. The number of nitrogens with two attached hydrogens (primary N) is 2.